The Bertz CT molecular complexity index is 1110. The minimum Gasteiger partial charge on any atom is -0.465 e. The van der Waals surface area contributed by atoms with Gasteiger partial charge in [0.25, 0.3) is 0 Å². The summed E-state index contributed by atoms with van der Waals surface area (Å²) in [6, 6.07) is 7.82. The third-order valence-electron chi connectivity index (χ3n) is 8.27. The summed E-state index contributed by atoms with van der Waals surface area (Å²) in [5.41, 5.74) is 0.764. The van der Waals surface area contributed by atoms with Gasteiger partial charge in [-0.3, -0.25) is 14.4 Å². The van der Waals surface area contributed by atoms with E-state index < -0.39 is 33.4 Å². The Morgan fingerprint density at radius 1 is 1.08 bits per heavy atom. The topological polar surface area (TPSA) is 87.2 Å². The van der Waals surface area contributed by atoms with Crippen LogP contribution in [0.15, 0.2) is 54.6 Å². The summed E-state index contributed by atoms with van der Waals surface area (Å²) >= 11 is 1.54. The predicted molar refractivity (Wildman–Crippen MR) is 143 cm³/mol. The third kappa shape index (κ3) is 4.22. The van der Waals surface area contributed by atoms with E-state index in [9.17, 15) is 19.5 Å². The van der Waals surface area contributed by atoms with Gasteiger partial charge in [0.05, 0.1) is 35.8 Å². The van der Waals surface area contributed by atoms with Gasteiger partial charge in [-0.05, 0) is 25.3 Å². The van der Waals surface area contributed by atoms with E-state index in [0.29, 0.717) is 19.5 Å². The number of amides is 2. The van der Waals surface area contributed by atoms with E-state index in [1.807, 2.05) is 66.5 Å². The minimum atomic E-state index is -0.941. The summed E-state index contributed by atoms with van der Waals surface area (Å²) in [5.74, 6) is -2.27. The van der Waals surface area contributed by atoms with Crippen molar-refractivity contribution in [2.75, 3.05) is 26.3 Å². The van der Waals surface area contributed by atoms with Gasteiger partial charge in [-0.15, -0.1) is 11.8 Å². The number of benzene rings is 1. The number of esters is 1. The van der Waals surface area contributed by atoms with Crippen LogP contribution in [0.5, 0.6) is 0 Å². The maximum Gasteiger partial charge on any atom is 0.311 e. The molecule has 6 atom stereocenters. The summed E-state index contributed by atoms with van der Waals surface area (Å²) in [4.78, 5) is 45.7. The Labute approximate surface area is 222 Å². The molecule has 4 aliphatic heterocycles. The molecule has 0 saturated carbocycles. The van der Waals surface area contributed by atoms with E-state index in [-0.39, 0.29) is 31.0 Å². The molecule has 1 aromatic rings. The molecule has 37 heavy (non-hydrogen) atoms. The summed E-state index contributed by atoms with van der Waals surface area (Å²) in [5, 5.41) is 10.6. The molecular formula is C29H36N2O5S. The van der Waals surface area contributed by atoms with Gasteiger partial charge >= 0.3 is 5.97 Å². The van der Waals surface area contributed by atoms with Gasteiger partial charge in [-0.25, -0.2) is 0 Å². The number of carbonyl (C=O) groups is 3. The van der Waals surface area contributed by atoms with Crippen molar-refractivity contribution >= 4 is 29.5 Å². The van der Waals surface area contributed by atoms with Gasteiger partial charge in [-0.1, -0.05) is 74.4 Å². The zero-order chi connectivity index (χ0) is 26.2. The molecule has 7 nitrogen and oxygen atoms in total. The van der Waals surface area contributed by atoms with Gasteiger partial charge in [0.1, 0.15) is 6.04 Å². The molecule has 4 aliphatic rings. The second-order valence-electron chi connectivity index (χ2n) is 10.6. The summed E-state index contributed by atoms with van der Waals surface area (Å²) in [6.45, 7) is 5.14. The molecule has 1 aromatic carbocycles. The molecule has 0 aliphatic carbocycles. The number of aliphatic hydroxyl groups excluding tert-OH is 1. The van der Waals surface area contributed by atoms with Crippen molar-refractivity contribution in [3.05, 3.63) is 60.2 Å². The molecule has 2 saturated heterocycles. The number of unbranched alkanes of at least 4 members (excludes halogenated alkanes) is 2. The van der Waals surface area contributed by atoms with Crippen LogP contribution in [-0.4, -0.2) is 74.5 Å². The van der Waals surface area contributed by atoms with Crippen molar-refractivity contribution in [3.8, 4) is 0 Å². The van der Waals surface area contributed by atoms with Crippen LogP contribution < -0.4 is 0 Å². The standard InChI is InChI=1S/C29H36N2O5S/c1-3-4-9-16-30-17-11-15-29-22(23-27(35)36-18-10-8-14-28(23,2)37-29)25(33)31(24(29)26(30)34)21(19-32)20-12-6-5-7-13-20/h5-8,11-15,21-24,32H,3-4,9-10,16-19H2,1-2H3/t21-,22+,23-,24?,28+,29+/m1/s1. The molecule has 0 aromatic heterocycles. The highest BCUT2D eigenvalue weighted by atomic mass is 32.2. The van der Waals surface area contributed by atoms with Crippen LogP contribution in [0.4, 0.5) is 0 Å². The number of hydrogen-bond donors (Lipinski definition) is 1. The Kier molecular flexibility index (Phi) is 7.24. The molecular weight excluding hydrogens is 488 g/mol. The first-order chi connectivity index (χ1) is 17.9. The lowest BCUT2D eigenvalue weighted by Crippen LogP contribution is -2.54. The predicted octanol–water partition coefficient (Wildman–Crippen LogP) is 3.50. The monoisotopic (exact) mass is 524 g/mol. The SMILES string of the molecule is CCCCCN1CC=C[C@]23S[C@@]4(C)C=CCCOC(=O)[C@H]4[C@H]2C(=O)N([C@H](CO)c2ccccc2)C3C1=O. The van der Waals surface area contributed by atoms with Crippen LogP contribution in [0.25, 0.3) is 0 Å². The van der Waals surface area contributed by atoms with Gasteiger partial charge in [0, 0.05) is 17.8 Å². The number of thioether (sulfide) groups is 1. The Hall–Kier alpha value is -2.58. The van der Waals surface area contributed by atoms with Crippen molar-refractivity contribution in [2.45, 2.75) is 61.1 Å². The number of rotatable bonds is 7. The zero-order valence-corrected chi connectivity index (χ0v) is 22.4. The molecule has 4 heterocycles. The smallest absolute Gasteiger partial charge is 0.311 e. The van der Waals surface area contributed by atoms with Crippen molar-refractivity contribution in [2.24, 2.45) is 11.8 Å². The largest absolute Gasteiger partial charge is 0.465 e. The third-order valence-corrected chi connectivity index (χ3v) is 10.1. The summed E-state index contributed by atoms with van der Waals surface area (Å²) < 4.78 is 3.97. The van der Waals surface area contributed by atoms with Crippen LogP contribution in [0.3, 0.4) is 0 Å². The summed E-state index contributed by atoms with van der Waals surface area (Å²) in [6.07, 6.45) is 11.6. The van der Waals surface area contributed by atoms with Crippen molar-refractivity contribution in [1.29, 1.82) is 0 Å². The number of hydrogen-bond acceptors (Lipinski definition) is 6. The van der Waals surface area contributed by atoms with Gasteiger partial charge in [-0.2, -0.15) is 0 Å². The molecule has 0 bridgehead atoms. The molecule has 0 radical (unpaired) electrons. The molecule has 8 heteroatoms. The van der Waals surface area contributed by atoms with E-state index in [1.165, 1.54) is 11.8 Å². The first kappa shape index (κ1) is 26.0. The molecule has 2 amide bonds. The maximum atomic E-state index is 14.5. The van der Waals surface area contributed by atoms with E-state index in [2.05, 4.69) is 6.92 Å². The maximum absolute atomic E-state index is 14.5. The van der Waals surface area contributed by atoms with E-state index in [4.69, 9.17) is 4.74 Å². The first-order valence-electron chi connectivity index (χ1n) is 13.4. The fourth-order valence-corrected chi connectivity index (χ4v) is 8.73. The highest BCUT2D eigenvalue weighted by molar-refractivity contribution is 8.02. The fourth-order valence-electron chi connectivity index (χ4n) is 6.59. The molecule has 2 fully saturated rings. The normalized spacial score (nSPS) is 33.8. The van der Waals surface area contributed by atoms with Gasteiger partial charge in [0.2, 0.25) is 11.8 Å². The van der Waals surface area contributed by atoms with Crippen molar-refractivity contribution in [1.82, 2.24) is 9.80 Å². The molecule has 1 N–H and O–H groups in total. The van der Waals surface area contributed by atoms with E-state index >= 15 is 0 Å². The molecule has 1 unspecified atom stereocenters. The van der Waals surface area contributed by atoms with Crippen molar-refractivity contribution < 1.29 is 24.2 Å². The van der Waals surface area contributed by atoms with Crippen LogP contribution >= 0.6 is 11.8 Å². The molecule has 5 rings (SSSR count). The second-order valence-corrected chi connectivity index (χ2v) is 12.4. The number of ether oxygens (including phenoxy) is 1. The lowest BCUT2D eigenvalue weighted by Gasteiger charge is -2.40. The minimum absolute atomic E-state index is 0.117. The number of cyclic esters (lactones) is 1. The van der Waals surface area contributed by atoms with E-state index in [0.717, 1.165) is 24.8 Å². The molecule has 198 valence electrons. The fraction of sp³-hybridized carbons (Fsp3) is 0.552. The Morgan fingerprint density at radius 3 is 2.59 bits per heavy atom. The Balaban J connectivity index is 1.65. The van der Waals surface area contributed by atoms with Crippen LogP contribution in [0, 0.1) is 11.8 Å². The lowest BCUT2D eigenvalue weighted by molar-refractivity contribution is -0.154. The first-order valence-corrected chi connectivity index (χ1v) is 14.2. The molecule has 1 spiro atoms. The van der Waals surface area contributed by atoms with Crippen molar-refractivity contribution in [3.63, 3.8) is 0 Å². The quantitative estimate of drug-likeness (QED) is 0.334. The van der Waals surface area contributed by atoms with Crippen LogP contribution in [-0.2, 0) is 19.1 Å². The average molecular weight is 525 g/mol. The Morgan fingerprint density at radius 2 is 1.86 bits per heavy atom. The number of carbonyl (C=O) groups excluding carboxylic acids is 3. The van der Waals surface area contributed by atoms with Crippen LogP contribution in [0.1, 0.15) is 51.1 Å². The highest BCUT2D eigenvalue weighted by Crippen LogP contribution is 2.66. The zero-order valence-electron chi connectivity index (χ0n) is 21.5. The highest BCUT2D eigenvalue weighted by Gasteiger charge is 2.74. The van der Waals surface area contributed by atoms with E-state index in [1.54, 1.807) is 4.90 Å². The number of likely N-dealkylation sites (tertiary alicyclic amines) is 1. The number of nitrogens with zero attached hydrogens (tertiary/aromatic N) is 2. The van der Waals surface area contributed by atoms with Crippen LogP contribution in [0.2, 0.25) is 0 Å². The van der Waals surface area contributed by atoms with Gasteiger partial charge < -0.3 is 19.6 Å². The lowest BCUT2D eigenvalue weighted by atomic mass is 9.74. The van der Waals surface area contributed by atoms with Gasteiger partial charge in [0.15, 0.2) is 0 Å². The second kappa shape index (κ2) is 10.3. The number of fused-ring (bicyclic) bond motifs is 2. The summed E-state index contributed by atoms with van der Waals surface area (Å²) in [7, 11) is 0. The average Bonchev–Trinajstić information content (AvgIpc) is 3.21. The number of aliphatic hydroxyl groups is 1.